The van der Waals surface area contributed by atoms with Crippen molar-refractivity contribution in [3.63, 3.8) is 0 Å². The van der Waals surface area contributed by atoms with Crippen LogP contribution in [0, 0.1) is 0 Å². The molecule has 1 N–H and O–H groups in total. The third-order valence-electron chi connectivity index (χ3n) is 6.44. The number of hydrogen-bond acceptors (Lipinski definition) is 7. The summed E-state index contributed by atoms with van der Waals surface area (Å²) in [5.74, 6) is 0.919. The first-order valence-electron chi connectivity index (χ1n) is 11.9. The van der Waals surface area contributed by atoms with Crippen LogP contribution >= 0.6 is 0 Å². The average molecular weight is 471 g/mol. The number of β-amino-alcohol motifs (C(OH)–C–C–N with tert-alkyl or cyclic N) is 1. The number of para-hydroxylation sites is 1. The number of hydrogen-bond donors (Lipinski definition) is 1. The smallest absolute Gasteiger partial charge is 0.332 e. The highest BCUT2D eigenvalue weighted by Crippen LogP contribution is 2.11. The second-order valence-corrected chi connectivity index (χ2v) is 8.94. The van der Waals surface area contributed by atoms with Gasteiger partial charge in [-0.25, -0.2) is 9.78 Å². The molecule has 1 aromatic carbocycles. The van der Waals surface area contributed by atoms with E-state index in [1.165, 1.54) is 17.9 Å². The second-order valence-electron chi connectivity index (χ2n) is 8.94. The molecule has 1 aliphatic rings. The number of fused-ring (bicyclic) bond motifs is 1. The van der Waals surface area contributed by atoms with Gasteiger partial charge in [0.05, 0.1) is 25.6 Å². The van der Waals surface area contributed by atoms with Crippen LogP contribution in [0.4, 0.5) is 0 Å². The molecule has 4 rings (SSSR count). The molecule has 0 aliphatic carbocycles. The van der Waals surface area contributed by atoms with Crippen LogP contribution in [0.15, 0.2) is 46.2 Å². The van der Waals surface area contributed by atoms with Gasteiger partial charge in [0.2, 0.25) is 0 Å². The van der Waals surface area contributed by atoms with Gasteiger partial charge in [-0.05, 0) is 31.5 Å². The molecular formula is C24H34N6O4. The fourth-order valence-corrected chi connectivity index (χ4v) is 4.46. The zero-order valence-corrected chi connectivity index (χ0v) is 20.0. The molecule has 1 unspecified atom stereocenters. The summed E-state index contributed by atoms with van der Waals surface area (Å²) in [6.07, 6.45) is 3.01. The zero-order valence-electron chi connectivity index (χ0n) is 20.0. The molecule has 2 aromatic heterocycles. The van der Waals surface area contributed by atoms with Crippen LogP contribution in [0.5, 0.6) is 5.75 Å². The number of aliphatic hydroxyl groups excluding tert-OH is 1. The van der Waals surface area contributed by atoms with Gasteiger partial charge in [0.1, 0.15) is 5.75 Å². The molecule has 0 amide bonds. The summed E-state index contributed by atoms with van der Waals surface area (Å²) in [7, 11) is 3.04. The lowest BCUT2D eigenvalue weighted by Gasteiger charge is -2.35. The number of benzene rings is 1. The van der Waals surface area contributed by atoms with Crippen molar-refractivity contribution < 1.29 is 9.84 Å². The van der Waals surface area contributed by atoms with E-state index in [-0.39, 0.29) is 6.54 Å². The number of aryl methyl sites for hydroxylation is 1. The number of aliphatic hydroxyl groups is 1. The number of ether oxygens (including phenoxy) is 1. The number of imidazole rings is 1. The maximum atomic E-state index is 12.6. The number of unbranched alkanes of at least 4 members (excludes halogenated alkanes) is 1. The maximum absolute atomic E-state index is 12.6. The van der Waals surface area contributed by atoms with E-state index in [1.54, 1.807) is 11.6 Å². The van der Waals surface area contributed by atoms with E-state index in [9.17, 15) is 14.7 Å². The quantitative estimate of drug-likeness (QED) is 0.425. The van der Waals surface area contributed by atoms with E-state index in [1.807, 2.05) is 30.3 Å². The molecule has 1 aliphatic heterocycles. The fourth-order valence-electron chi connectivity index (χ4n) is 4.46. The normalized spacial score (nSPS) is 16.2. The predicted molar refractivity (Wildman–Crippen MR) is 130 cm³/mol. The van der Waals surface area contributed by atoms with Gasteiger partial charge in [-0.2, -0.15) is 0 Å². The minimum atomic E-state index is -0.638. The molecule has 34 heavy (non-hydrogen) atoms. The third-order valence-corrected chi connectivity index (χ3v) is 6.44. The van der Waals surface area contributed by atoms with Crippen LogP contribution in [0.2, 0.25) is 0 Å². The van der Waals surface area contributed by atoms with Crippen LogP contribution in [-0.2, 0) is 20.6 Å². The minimum Gasteiger partial charge on any atom is -0.494 e. The minimum absolute atomic E-state index is 0.256. The number of aromatic nitrogens is 4. The Bertz CT molecular complexity index is 1190. The third kappa shape index (κ3) is 5.57. The molecule has 1 saturated heterocycles. The van der Waals surface area contributed by atoms with Crippen molar-refractivity contribution in [3.8, 4) is 5.75 Å². The van der Waals surface area contributed by atoms with Gasteiger partial charge in [-0.3, -0.25) is 18.8 Å². The molecule has 0 bridgehead atoms. The Hall–Kier alpha value is -2.95. The molecule has 1 atom stereocenters. The SMILES string of the molecule is Cn1c(=O)c2c(ncn2CC(O)CN2CCN(CCCCOc3ccccc3)CC2)n(C)c1=O. The molecule has 1 fully saturated rings. The first-order chi connectivity index (χ1) is 16.4. The molecule has 0 radical (unpaired) electrons. The van der Waals surface area contributed by atoms with Gasteiger partial charge in [0, 0.05) is 46.8 Å². The molecule has 0 spiro atoms. The van der Waals surface area contributed by atoms with E-state index in [2.05, 4.69) is 14.8 Å². The highest BCUT2D eigenvalue weighted by atomic mass is 16.5. The lowest BCUT2D eigenvalue weighted by molar-refractivity contribution is 0.0641. The Kier molecular flexibility index (Phi) is 7.81. The van der Waals surface area contributed by atoms with Crippen LogP contribution in [0.1, 0.15) is 12.8 Å². The Labute approximate surface area is 198 Å². The highest BCUT2D eigenvalue weighted by Gasteiger charge is 2.21. The monoisotopic (exact) mass is 470 g/mol. The summed E-state index contributed by atoms with van der Waals surface area (Å²) in [5, 5.41) is 10.7. The van der Waals surface area contributed by atoms with Gasteiger partial charge >= 0.3 is 5.69 Å². The lowest BCUT2D eigenvalue weighted by Crippen LogP contribution is -2.49. The van der Waals surface area contributed by atoms with E-state index in [0.29, 0.717) is 17.7 Å². The van der Waals surface area contributed by atoms with Gasteiger partial charge in [0.15, 0.2) is 11.2 Å². The summed E-state index contributed by atoms with van der Waals surface area (Å²) in [6, 6.07) is 9.90. The fraction of sp³-hybridized carbons (Fsp3) is 0.542. The van der Waals surface area contributed by atoms with Gasteiger partial charge in [0.25, 0.3) is 5.56 Å². The van der Waals surface area contributed by atoms with E-state index < -0.39 is 17.4 Å². The van der Waals surface area contributed by atoms with Crippen molar-refractivity contribution >= 4 is 11.2 Å². The summed E-state index contributed by atoms with van der Waals surface area (Å²) in [6.45, 7) is 6.33. The van der Waals surface area contributed by atoms with Crippen molar-refractivity contribution in [2.24, 2.45) is 14.1 Å². The Morgan fingerprint density at radius 3 is 2.41 bits per heavy atom. The highest BCUT2D eigenvalue weighted by molar-refractivity contribution is 5.69. The largest absolute Gasteiger partial charge is 0.494 e. The summed E-state index contributed by atoms with van der Waals surface area (Å²) < 4.78 is 9.83. The Morgan fingerprint density at radius 1 is 0.971 bits per heavy atom. The van der Waals surface area contributed by atoms with Crippen molar-refractivity contribution in [2.45, 2.75) is 25.5 Å². The van der Waals surface area contributed by atoms with E-state index >= 15 is 0 Å². The first kappa shape index (κ1) is 24.2. The molecular weight excluding hydrogens is 436 g/mol. The summed E-state index contributed by atoms with van der Waals surface area (Å²) in [4.78, 5) is 33.6. The molecule has 3 aromatic rings. The topological polar surface area (TPSA) is 97.8 Å². The zero-order chi connectivity index (χ0) is 24.1. The Balaban J connectivity index is 1.20. The number of piperazine rings is 1. The first-order valence-corrected chi connectivity index (χ1v) is 11.9. The van der Waals surface area contributed by atoms with Crippen LogP contribution < -0.4 is 16.0 Å². The molecule has 184 valence electrons. The molecule has 0 saturated carbocycles. The summed E-state index contributed by atoms with van der Waals surface area (Å²) >= 11 is 0. The molecule has 3 heterocycles. The van der Waals surface area contributed by atoms with E-state index in [0.717, 1.165) is 62.5 Å². The lowest BCUT2D eigenvalue weighted by atomic mass is 10.2. The molecule has 10 heteroatoms. The predicted octanol–water partition coefficient (Wildman–Crippen LogP) is 0.271. The van der Waals surface area contributed by atoms with Crippen molar-refractivity contribution in [1.82, 2.24) is 28.5 Å². The number of rotatable bonds is 10. The van der Waals surface area contributed by atoms with Gasteiger partial charge < -0.3 is 19.3 Å². The van der Waals surface area contributed by atoms with Crippen LogP contribution in [0.3, 0.4) is 0 Å². The van der Waals surface area contributed by atoms with Crippen LogP contribution in [-0.4, -0.2) is 85.6 Å². The van der Waals surface area contributed by atoms with E-state index in [4.69, 9.17) is 4.74 Å². The van der Waals surface area contributed by atoms with Gasteiger partial charge in [-0.15, -0.1) is 0 Å². The standard InChI is InChI=1S/C24H34N6O4/c1-26-22-21(23(32)27(2)24(26)33)30(18-25-22)17-19(31)16-29-13-11-28(12-14-29)10-6-7-15-34-20-8-4-3-5-9-20/h3-5,8-9,18-19,31H,6-7,10-17H2,1-2H3. The second kappa shape index (κ2) is 11.0. The van der Waals surface area contributed by atoms with Crippen molar-refractivity contribution in [3.05, 3.63) is 57.5 Å². The van der Waals surface area contributed by atoms with Crippen molar-refractivity contribution in [2.75, 3.05) is 45.9 Å². The number of nitrogens with zero attached hydrogens (tertiary/aromatic N) is 6. The van der Waals surface area contributed by atoms with Crippen LogP contribution in [0.25, 0.3) is 11.2 Å². The van der Waals surface area contributed by atoms with Gasteiger partial charge in [-0.1, -0.05) is 18.2 Å². The van der Waals surface area contributed by atoms with Crippen molar-refractivity contribution in [1.29, 1.82) is 0 Å². The maximum Gasteiger partial charge on any atom is 0.332 e. The molecule has 10 nitrogen and oxygen atoms in total. The Morgan fingerprint density at radius 2 is 1.68 bits per heavy atom. The average Bonchev–Trinajstić information content (AvgIpc) is 3.26. The summed E-state index contributed by atoms with van der Waals surface area (Å²) in [5.41, 5.74) is -0.136.